The van der Waals surface area contributed by atoms with Crippen LogP contribution in [0.5, 0.6) is 11.8 Å². The number of nitrogens with one attached hydrogen (secondary N) is 1. The van der Waals surface area contributed by atoms with E-state index in [1.807, 2.05) is 6.92 Å². The van der Waals surface area contributed by atoms with Gasteiger partial charge < -0.3 is 19.4 Å². The first-order valence-corrected chi connectivity index (χ1v) is 8.06. The molecule has 8 heteroatoms. The predicted molar refractivity (Wildman–Crippen MR) is 91.6 cm³/mol. The molecular weight excluding hydrogens is 332 g/mol. The van der Waals surface area contributed by atoms with E-state index >= 15 is 0 Å². The summed E-state index contributed by atoms with van der Waals surface area (Å²) >= 11 is 6.10. The summed E-state index contributed by atoms with van der Waals surface area (Å²) < 4.78 is 11.9. The highest BCUT2D eigenvalue weighted by Crippen LogP contribution is 2.39. The van der Waals surface area contributed by atoms with Crippen LogP contribution in [-0.2, 0) is 0 Å². The first-order chi connectivity index (χ1) is 11.5. The molecule has 0 amide bonds. The molecule has 0 spiro atoms. The van der Waals surface area contributed by atoms with Crippen LogP contribution in [0, 0.1) is 5.92 Å². The van der Waals surface area contributed by atoms with E-state index in [2.05, 4.69) is 15.3 Å². The minimum atomic E-state index is -0.225. The number of nitrogens with zero attached hydrogens (tertiary/aromatic N) is 3. The lowest BCUT2D eigenvalue weighted by Crippen LogP contribution is -2.27. The van der Waals surface area contributed by atoms with Crippen LogP contribution < -0.4 is 20.3 Å². The first-order valence-electron chi connectivity index (χ1n) is 7.68. The highest BCUT2D eigenvalue weighted by Gasteiger charge is 2.30. The zero-order valence-electron chi connectivity index (χ0n) is 13.7. The Morgan fingerprint density at radius 2 is 2.04 bits per heavy atom. The van der Waals surface area contributed by atoms with Crippen molar-refractivity contribution in [1.82, 2.24) is 14.5 Å². The lowest BCUT2D eigenvalue weighted by atomic mass is 10.2. The molecule has 2 aromatic rings. The van der Waals surface area contributed by atoms with Gasteiger partial charge in [-0.1, -0.05) is 11.6 Å². The van der Waals surface area contributed by atoms with Gasteiger partial charge in [-0.3, -0.25) is 4.79 Å². The molecule has 24 heavy (non-hydrogen) atoms. The second kappa shape index (κ2) is 6.68. The molecule has 1 N–H and O–H groups in total. The Kier molecular flexibility index (Phi) is 4.62. The number of aromatic nitrogens is 3. The van der Waals surface area contributed by atoms with Crippen LogP contribution in [0.3, 0.4) is 0 Å². The molecule has 1 saturated carbocycles. The molecule has 0 radical (unpaired) electrons. The van der Waals surface area contributed by atoms with E-state index < -0.39 is 0 Å². The van der Waals surface area contributed by atoms with Crippen molar-refractivity contribution in [1.29, 1.82) is 0 Å². The van der Waals surface area contributed by atoms with Crippen molar-refractivity contribution in [3.05, 3.63) is 33.8 Å². The Bertz CT molecular complexity index is 804. The molecule has 0 aliphatic heterocycles. The topological polar surface area (TPSA) is 78.3 Å². The van der Waals surface area contributed by atoms with Crippen molar-refractivity contribution in [2.24, 2.45) is 5.92 Å². The van der Waals surface area contributed by atoms with Crippen LogP contribution in [0.2, 0.25) is 5.15 Å². The predicted octanol–water partition coefficient (Wildman–Crippen LogP) is 3.02. The molecule has 0 unspecified atom stereocenters. The molecule has 1 aliphatic carbocycles. The molecule has 1 atom stereocenters. The molecule has 128 valence electrons. The number of ether oxygens (including phenoxy) is 2. The summed E-state index contributed by atoms with van der Waals surface area (Å²) in [5, 5.41) is 3.22. The number of halogens is 1. The minimum absolute atomic E-state index is 0.0921. The molecule has 7 nitrogen and oxygen atoms in total. The van der Waals surface area contributed by atoms with E-state index in [0.29, 0.717) is 23.4 Å². The molecular formula is C16H19ClN4O3. The van der Waals surface area contributed by atoms with E-state index in [1.54, 1.807) is 22.9 Å². The van der Waals surface area contributed by atoms with Crippen LogP contribution >= 0.6 is 11.6 Å². The molecule has 2 aromatic heterocycles. The average Bonchev–Trinajstić information content (AvgIpc) is 3.42. The van der Waals surface area contributed by atoms with Gasteiger partial charge in [-0.05, 0) is 31.7 Å². The van der Waals surface area contributed by atoms with Gasteiger partial charge in [-0.2, -0.15) is 4.98 Å². The third-order valence-corrected chi connectivity index (χ3v) is 4.32. The van der Waals surface area contributed by atoms with Gasteiger partial charge in [-0.15, -0.1) is 0 Å². The Balaban J connectivity index is 1.97. The zero-order chi connectivity index (χ0) is 17.3. The van der Waals surface area contributed by atoms with Crippen molar-refractivity contribution in [3.8, 4) is 11.8 Å². The van der Waals surface area contributed by atoms with E-state index in [4.69, 9.17) is 21.1 Å². The van der Waals surface area contributed by atoms with Crippen LogP contribution in [0.4, 0.5) is 11.5 Å². The molecule has 2 heterocycles. The normalized spacial score (nSPS) is 15.0. The van der Waals surface area contributed by atoms with Crippen molar-refractivity contribution < 1.29 is 9.47 Å². The largest absolute Gasteiger partial charge is 0.481 e. The Morgan fingerprint density at radius 3 is 2.67 bits per heavy atom. The summed E-state index contributed by atoms with van der Waals surface area (Å²) in [5.74, 6) is 1.38. The highest BCUT2D eigenvalue weighted by molar-refractivity contribution is 6.29. The van der Waals surface area contributed by atoms with Gasteiger partial charge >= 0.3 is 0 Å². The maximum atomic E-state index is 12.7. The fourth-order valence-electron chi connectivity index (χ4n) is 2.58. The quantitative estimate of drug-likeness (QED) is 0.862. The smallest absolute Gasteiger partial charge is 0.294 e. The number of rotatable bonds is 6. The van der Waals surface area contributed by atoms with Crippen LogP contribution in [0.25, 0.3) is 0 Å². The standard InChI is InChI=1S/C16H19ClN4O3/c1-9(10-4-5-10)21-8-12(17)19-14(16(21)22)18-11-6-7-13(23-2)20-15(11)24-3/h6-10H,4-5H2,1-3H3,(H,18,19)/t9-/m1/s1. The monoisotopic (exact) mass is 350 g/mol. The van der Waals surface area contributed by atoms with Crippen LogP contribution in [0.1, 0.15) is 25.8 Å². The number of hydrogen-bond donors (Lipinski definition) is 1. The lowest BCUT2D eigenvalue weighted by molar-refractivity contribution is 0.366. The zero-order valence-corrected chi connectivity index (χ0v) is 14.5. The van der Waals surface area contributed by atoms with E-state index in [1.165, 1.54) is 14.2 Å². The molecule has 1 fully saturated rings. The fraction of sp³-hybridized carbons (Fsp3) is 0.438. The Labute approximate surface area is 144 Å². The minimum Gasteiger partial charge on any atom is -0.481 e. The summed E-state index contributed by atoms with van der Waals surface area (Å²) in [6.45, 7) is 2.02. The van der Waals surface area contributed by atoms with Crippen LogP contribution in [0.15, 0.2) is 23.1 Å². The van der Waals surface area contributed by atoms with Gasteiger partial charge in [-0.25, -0.2) is 4.98 Å². The number of methoxy groups -OCH3 is 2. The van der Waals surface area contributed by atoms with Gasteiger partial charge in [0.1, 0.15) is 10.8 Å². The van der Waals surface area contributed by atoms with Crippen molar-refractivity contribution >= 4 is 23.1 Å². The van der Waals surface area contributed by atoms with E-state index in [0.717, 1.165) is 12.8 Å². The molecule has 0 saturated heterocycles. The summed E-state index contributed by atoms with van der Waals surface area (Å²) in [7, 11) is 3.01. The maximum absolute atomic E-state index is 12.7. The van der Waals surface area contributed by atoms with Crippen molar-refractivity contribution in [2.45, 2.75) is 25.8 Å². The maximum Gasteiger partial charge on any atom is 0.294 e. The van der Waals surface area contributed by atoms with Crippen molar-refractivity contribution in [2.75, 3.05) is 19.5 Å². The SMILES string of the molecule is COc1ccc(Nc2nc(Cl)cn([C@H](C)C3CC3)c2=O)c(OC)n1. The molecule has 0 bridgehead atoms. The van der Waals surface area contributed by atoms with Gasteiger partial charge in [0.15, 0.2) is 5.82 Å². The number of hydrogen-bond acceptors (Lipinski definition) is 6. The summed E-state index contributed by atoms with van der Waals surface area (Å²) in [6, 6.07) is 3.47. The first kappa shape index (κ1) is 16.6. The van der Waals surface area contributed by atoms with Gasteiger partial charge in [0.05, 0.1) is 14.2 Å². The average molecular weight is 351 g/mol. The van der Waals surface area contributed by atoms with E-state index in [9.17, 15) is 4.79 Å². The van der Waals surface area contributed by atoms with Gasteiger partial charge in [0.2, 0.25) is 11.8 Å². The summed E-state index contributed by atoms with van der Waals surface area (Å²) in [5.41, 5.74) is 0.285. The number of anilines is 2. The third-order valence-electron chi connectivity index (χ3n) is 4.13. The molecule has 1 aliphatic rings. The fourth-order valence-corrected chi connectivity index (χ4v) is 2.77. The third kappa shape index (κ3) is 3.31. The second-order valence-electron chi connectivity index (χ2n) is 5.74. The Morgan fingerprint density at radius 1 is 1.29 bits per heavy atom. The van der Waals surface area contributed by atoms with Crippen molar-refractivity contribution in [3.63, 3.8) is 0 Å². The van der Waals surface area contributed by atoms with E-state index in [-0.39, 0.29) is 22.6 Å². The second-order valence-corrected chi connectivity index (χ2v) is 6.13. The molecule has 3 rings (SSSR count). The lowest BCUT2D eigenvalue weighted by Gasteiger charge is -2.16. The number of pyridine rings is 1. The van der Waals surface area contributed by atoms with Gasteiger partial charge in [0, 0.05) is 18.3 Å². The molecule has 0 aromatic carbocycles. The summed E-state index contributed by atoms with van der Waals surface area (Å²) in [4.78, 5) is 21.0. The van der Waals surface area contributed by atoms with Gasteiger partial charge in [0.25, 0.3) is 5.56 Å². The summed E-state index contributed by atoms with van der Waals surface area (Å²) in [6.07, 6.45) is 3.85. The Hall–Kier alpha value is -2.28. The highest BCUT2D eigenvalue weighted by atomic mass is 35.5. The van der Waals surface area contributed by atoms with Crippen LogP contribution in [-0.4, -0.2) is 28.8 Å².